The van der Waals surface area contributed by atoms with E-state index in [0.29, 0.717) is 41.3 Å². The number of aromatic nitrogens is 2. The maximum absolute atomic E-state index is 13.2. The molecule has 3 rings (SSSR count). The summed E-state index contributed by atoms with van der Waals surface area (Å²) < 4.78 is 14.6. The third-order valence-electron chi connectivity index (χ3n) is 4.39. The summed E-state index contributed by atoms with van der Waals surface area (Å²) in [5.74, 6) is 1.91. The molecule has 0 bridgehead atoms. The van der Waals surface area contributed by atoms with Crippen LogP contribution in [0.25, 0.3) is 10.9 Å². The second-order valence-electron chi connectivity index (χ2n) is 7.22. The zero-order chi connectivity index (χ0) is 22.5. The topological polar surface area (TPSA) is 65.7 Å². The summed E-state index contributed by atoms with van der Waals surface area (Å²) in [5.41, 5.74) is 1.23. The normalized spacial score (nSPS) is 11.6. The van der Waals surface area contributed by atoms with Gasteiger partial charge in [-0.2, -0.15) is 9.78 Å². The van der Waals surface area contributed by atoms with Crippen LogP contribution < -0.4 is 15.0 Å². The number of ether oxygens (including phenoxy) is 2. The first-order valence-corrected chi connectivity index (χ1v) is 11.8. The Kier molecular flexibility index (Phi) is 7.89. The first kappa shape index (κ1) is 23.5. The Morgan fingerprint density at radius 3 is 2.61 bits per heavy atom. The third kappa shape index (κ3) is 5.54. The van der Waals surface area contributed by atoms with E-state index in [0.717, 1.165) is 20.9 Å². The summed E-state index contributed by atoms with van der Waals surface area (Å²) in [5, 5.41) is 5.02. The molecular weight excluding hydrogens is 526 g/mol. The molecule has 2 aromatic carbocycles. The van der Waals surface area contributed by atoms with Gasteiger partial charge in [0.05, 0.1) is 29.8 Å². The standard InChI is InChI=1S/C23H25Br2N3O3/c1-5-7-22-27-19-9-8-16(24)11-17(19)23(29)28(22)26-13-15-10-20(30-6-2)21(12-18(15)25)31-14(3)4/h8-14H,5-7H2,1-4H3. The molecule has 8 heteroatoms. The molecule has 0 spiro atoms. The number of hydrogen-bond acceptors (Lipinski definition) is 5. The zero-order valence-corrected chi connectivity index (χ0v) is 21.2. The fraction of sp³-hybridized carbons (Fsp3) is 0.348. The summed E-state index contributed by atoms with van der Waals surface area (Å²) in [7, 11) is 0. The van der Waals surface area contributed by atoms with E-state index in [-0.39, 0.29) is 11.7 Å². The largest absolute Gasteiger partial charge is 0.490 e. The van der Waals surface area contributed by atoms with Gasteiger partial charge in [0.25, 0.3) is 5.56 Å². The van der Waals surface area contributed by atoms with Gasteiger partial charge in [0.15, 0.2) is 11.5 Å². The molecule has 0 aliphatic carbocycles. The Bertz CT molecular complexity index is 1170. The number of nitrogens with zero attached hydrogens (tertiary/aromatic N) is 3. The van der Waals surface area contributed by atoms with E-state index in [4.69, 9.17) is 9.47 Å². The van der Waals surface area contributed by atoms with Gasteiger partial charge in [0, 0.05) is 20.9 Å². The van der Waals surface area contributed by atoms with Gasteiger partial charge >= 0.3 is 0 Å². The molecule has 0 saturated heterocycles. The minimum absolute atomic E-state index is 0.0174. The summed E-state index contributed by atoms with van der Waals surface area (Å²) in [6, 6.07) is 9.20. The van der Waals surface area contributed by atoms with E-state index in [9.17, 15) is 4.79 Å². The van der Waals surface area contributed by atoms with Crippen LogP contribution in [0.1, 0.15) is 45.5 Å². The lowest BCUT2D eigenvalue weighted by Crippen LogP contribution is -2.22. The molecule has 31 heavy (non-hydrogen) atoms. The molecular formula is C23H25Br2N3O3. The number of fused-ring (bicyclic) bond motifs is 1. The molecule has 164 valence electrons. The fourth-order valence-electron chi connectivity index (χ4n) is 3.08. The lowest BCUT2D eigenvalue weighted by atomic mass is 10.2. The van der Waals surface area contributed by atoms with E-state index in [2.05, 4.69) is 41.9 Å². The quantitative estimate of drug-likeness (QED) is 0.325. The molecule has 0 fully saturated rings. The van der Waals surface area contributed by atoms with E-state index in [1.807, 2.05) is 52.0 Å². The molecule has 1 heterocycles. The van der Waals surface area contributed by atoms with E-state index >= 15 is 0 Å². The van der Waals surface area contributed by atoms with Crippen molar-refractivity contribution in [3.05, 3.63) is 61.0 Å². The first-order valence-electron chi connectivity index (χ1n) is 10.2. The van der Waals surface area contributed by atoms with Crippen LogP contribution in [0.5, 0.6) is 11.5 Å². The summed E-state index contributed by atoms with van der Waals surface area (Å²) in [4.78, 5) is 17.8. The highest BCUT2D eigenvalue weighted by atomic mass is 79.9. The second kappa shape index (κ2) is 10.4. The van der Waals surface area contributed by atoms with Crippen molar-refractivity contribution >= 4 is 49.0 Å². The molecule has 0 radical (unpaired) electrons. The zero-order valence-electron chi connectivity index (χ0n) is 18.0. The monoisotopic (exact) mass is 549 g/mol. The maximum Gasteiger partial charge on any atom is 0.282 e. The minimum Gasteiger partial charge on any atom is -0.490 e. The average molecular weight is 551 g/mol. The van der Waals surface area contributed by atoms with Crippen molar-refractivity contribution in [3.63, 3.8) is 0 Å². The molecule has 0 saturated carbocycles. The first-order chi connectivity index (χ1) is 14.8. The van der Waals surface area contributed by atoms with Crippen molar-refractivity contribution < 1.29 is 9.47 Å². The number of hydrogen-bond donors (Lipinski definition) is 0. The van der Waals surface area contributed by atoms with Gasteiger partial charge in [-0.3, -0.25) is 4.79 Å². The van der Waals surface area contributed by atoms with Gasteiger partial charge in [0.1, 0.15) is 5.82 Å². The fourth-order valence-corrected chi connectivity index (χ4v) is 3.87. The van der Waals surface area contributed by atoms with Crippen molar-refractivity contribution in [2.45, 2.75) is 46.6 Å². The van der Waals surface area contributed by atoms with Crippen LogP contribution in [-0.4, -0.2) is 28.6 Å². The average Bonchev–Trinajstić information content (AvgIpc) is 2.71. The van der Waals surface area contributed by atoms with Crippen LogP contribution in [0.3, 0.4) is 0 Å². The highest BCUT2D eigenvalue weighted by molar-refractivity contribution is 9.10. The van der Waals surface area contributed by atoms with Gasteiger partial charge in [-0.05, 0) is 73.5 Å². The number of rotatable bonds is 8. The van der Waals surface area contributed by atoms with Gasteiger partial charge in [-0.25, -0.2) is 4.98 Å². The van der Waals surface area contributed by atoms with Crippen LogP contribution in [0.15, 0.2) is 49.2 Å². The highest BCUT2D eigenvalue weighted by Gasteiger charge is 2.13. The third-order valence-corrected chi connectivity index (χ3v) is 5.57. The highest BCUT2D eigenvalue weighted by Crippen LogP contribution is 2.34. The van der Waals surface area contributed by atoms with Crippen LogP contribution in [0, 0.1) is 0 Å². The molecule has 6 nitrogen and oxygen atoms in total. The van der Waals surface area contributed by atoms with Crippen molar-refractivity contribution in [1.29, 1.82) is 0 Å². The second-order valence-corrected chi connectivity index (χ2v) is 8.99. The summed E-state index contributed by atoms with van der Waals surface area (Å²) in [6.45, 7) is 8.41. The smallest absolute Gasteiger partial charge is 0.282 e. The lowest BCUT2D eigenvalue weighted by Gasteiger charge is -2.16. The van der Waals surface area contributed by atoms with Gasteiger partial charge in [-0.15, -0.1) is 0 Å². The van der Waals surface area contributed by atoms with Crippen LogP contribution >= 0.6 is 31.9 Å². The molecule has 0 aliphatic heterocycles. The number of aryl methyl sites for hydroxylation is 1. The predicted octanol–water partition coefficient (Wildman–Crippen LogP) is 5.94. The Labute approximate surface area is 198 Å². The Morgan fingerprint density at radius 1 is 1.16 bits per heavy atom. The predicted molar refractivity (Wildman–Crippen MR) is 132 cm³/mol. The van der Waals surface area contributed by atoms with Crippen molar-refractivity contribution in [2.75, 3.05) is 6.61 Å². The molecule has 0 atom stereocenters. The molecule has 0 amide bonds. The Morgan fingerprint density at radius 2 is 1.94 bits per heavy atom. The molecule has 3 aromatic rings. The van der Waals surface area contributed by atoms with E-state index < -0.39 is 0 Å². The molecule has 0 unspecified atom stereocenters. The van der Waals surface area contributed by atoms with Gasteiger partial charge in [-0.1, -0.05) is 22.9 Å². The van der Waals surface area contributed by atoms with Crippen LogP contribution in [-0.2, 0) is 6.42 Å². The summed E-state index contributed by atoms with van der Waals surface area (Å²) >= 11 is 7.00. The summed E-state index contributed by atoms with van der Waals surface area (Å²) in [6.07, 6.45) is 3.15. The number of halogens is 2. The number of benzene rings is 2. The maximum atomic E-state index is 13.2. The minimum atomic E-state index is -0.202. The van der Waals surface area contributed by atoms with E-state index in [1.54, 1.807) is 12.3 Å². The SMILES string of the molecule is CCCc1nc2ccc(Br)cc2c(=O)n1N=Cc1cc(OCC)c(OC(C)C)cc1Br. The molecule has 0 aliphatic rings. The van der Waals surface area contributed by atoms with Gasteiger partial charge in [0.2, 0.25) is 0 Å². The lowest BCUT2D eigenvalue weighted by molar-refractivity contribution is 0.223. The van der Waals surface area contributed by atoms with Crippen LogP contribution in [0.4, 0.5) is 0 Å². The van der Waals surface area contributed by atoms with Crippen molar-refractivity contribution in [3.8, 4) is 11.5 Å². The van der Waals surface area contributed by atoms with Crippen LogP contribution in [0.2, 0.25) is 0 Å². The Balaban J connectivity index is 2.10. The molecule has 0 N–H and O–H groups in total. The molecule has 1 aromatic heterocycles. The Hall–Kier alpha value is -2.19. The van der Waals surface area contributed by atoms with Crippen molar-refractivity contribution in [1.82, 2.24) is 9.66 Å². The van der Waals surface area contributed by atoms with Crippen molar-refractivity contribution in [2.24, 2.45) is 5.10 Å². The van der Waals surface area contributed by atoms with E-state index in [1.165, 1.54) is 4.68 Å². The van der Waals surface area contributed by atoms with Gasteiger partial charge < -0.3 is 9.47 Å².